The van der Waals surface area contributed by atoms with E-state index in [1.54, 1.807) is 0 Å². The molecule has 1 atom stereocenters. The third-order valence-electron chi connectivity index (χ3n) is 4.44. The van der Waals surface area contributed by atoms with E-state index < -0.39 is 8.25 Å². The third kappa shape index (κ3) is 10.4. The van der Waals surface area contributed by atoms with Crippen molar-refractivity contribution in [3.8, 4) is 0 Å². The van der Waals surface area contributed by atoms with E-state index in [1.807, 2.05) is 6.20 Å². The molecule has 2 aromatic rings. The van der Waals surface area contributed by atoms with Gasteiger partial charge in [-0.25, -0.2) is 0 Å². The molecule has 0 bridgehead atoms. The molecular formula is C21H31N2O3P. The number of rotatable bonds is 14. The maximum Gasteiger partial charge on any atom is 0.316 e. The second-order valence-electron chi connectivity index (χ2n) is 6.70. The molecule has 5 nitrogen and oxygen atoms in total. The number of benzene rings is 1. The molecule has 27 heavy (non-hydrogen) atoms. The molecule has 1 aromatic heterocycles. The van der Waals surface area contributed by atoms with E-state index >= 15 is 0 Å². The van der Waals surface area contributed by atoms with E-state index in [-0.39, 0.29) is 0 Å². The van der Waals surface area contributed by atoms with Gasteiger partial charge in [-0.15, -0.1) is 0 Å². The van der Waals surface area contributed by atoms with Crippen molar-refractivity contribution in [3.05, 3.63) is 65.5 Å². The molecule has 0 fully saturated rings. The molecule has 6 heteroatoms. The minimum Gasteiger partial charge on any atom is -0.326 e. The molecular weight excluding hydrogens is 359 g/mol. The van der Waals surface area contributed by atoms with Crippen LogP contribution in [0.5, 0.6) is 0 Å². The first-order chi connectivity index (χ1) is 13.2. The number of nitrogens with one attached hydrogen (secondary N) is 1. The zero-order valence-electron chi connectivity index (χ0n) is 15.9. The fourth-order valence-electron chi connectivity index (χ4n) is 2.94. The Morgan fingerprint density at radius 1 is 0.926 bits per heavy atom. The normalized spacial score (nSPS) is 12.2. The number of hydrogen-bond acceptors (Lipinski definition) is 4. The van der Waals surface area contributed by atoms with Crippen LogP contribution in [-0.4, -0.2) is 23.0 Å². The summed E-state index contributed by atoms with van der Waals surface area (Å²) in [5.41, 5.74) is 3.74. The van der Waals surface area contributed by atoms with Gasteiger partial charge in [0.15, 0.2) is 0 Å². The van der Waals surface area contributed by atoms with E-state index in [0.29, 0.717) is 19.6 Å². The standard InChI is InChI=1S/C21H31N2O3P/c24-27(25)26-16-8-15-22-18-21-14-13-20(17-23-21)12-5-2-1-4-9-19-10-6-3-7-11-19/h3,6-7,10-11,13-14,17,22,27H,1-2,4-5,8-9,12,15-16,18H2,(H,24,25). The lowest BCUT2D eigenvalue weighted by molar-refractivity contribution is 0.276. The zero-order valence-corrected chi connectivity index (χ0v) is 16.9. The Hall–Kier alpha value is -1.52. The summed E-state index contributed by atoms with van der Waals surface area (Å²) in [5.74, 6) is 0. The quantitative estimate of drug-likeness (QED) is 0.372. The van der Waals surface area contributed by atoms with E-state index in [0.717, 1.165) is 18.7 Å². The van der Waals surface area contributed by atoms with Crippen molar-refractivity contribution in [1.82, 2.24) is 10.3 Å². The summed E-state index contributed by atoms with van der Waals surface area (Å²) >= 11 is 0. The predicted molar refractivity (Wildman–Crippen MR) is 110 cm³/mol. The fraction of sp³-hybridized carbons (Fsp3) is 0.476. The van der Waals surface area contributed by atoms with Gasteiger partial charge in [0.05, 0.1) is 12.3 Å². The van der Waals surface area contributed by atoms with Crippen LogP contribution in [0.2, 0.25) is 0 Å². The molecule has 0 saturated heterocycles. The van der Waals surface area contributed by atoms with Gasteiger partial charge in [0.25, 0.3) is 0 Å². The first-order valence-corrected chi connectivity index (χ1v) is 11.0. The minimum atomic E-state index is -2.79. The molecule has 0 amide bonds. The largest absolute Gasteiger partial charge is 0.326 e. The number of pyridine rings is 1. The smallest absolute Gasteiger partial charge is 0.316 e. The molecule has 0 aliphatic rings. The maximum atomic E-state index is 10.4. The maximum absolute atomic E-state index is 10.4. The van der Waals surface area contributed by atoms with Gasteiger partial charge in [-0.2, -0.15) is 0 Å². The van der Waals surface area contributed by atoms with Crippen molar-refractivity contribution in [3.63, 3.8) is 0 Å². The third-order valence-corrected chi connectivity index (χ3v) is 4.89. The van der Waals surface area contributed by atoms with Crippen LogP contribution in [0.25, 0.3) is 0 Å². The average Bonchev–Trinajstić information content (AvgIpc) is 2.69. The van der Waals surface area contributed by atoms with Gasteiger partial charge < -0.3 is 14.7 Å². The van der Waals surface area contributed by atoms with Crippen LogP contribution >= 0.6 is 8.25 Å². The van der Waals surface area contributed by atoms with Gasteiger partial charge in [0.2, 0.25) is 0 Å². The SMILES string of the molecule is O=[PH](O)OCCCNCc1ccc(CCCCCCc2ccccc2)cn1. The Kier molecular flexibility index (Phi) is 11.0. The van der Waals surface area contributed by atoms with Gasteiger partial charge in [0.1, 0.15) is 0 Å². The Morgan fingerprint density at radius 3 is 2.33 bits per heavy atom. The van der Waals surface area contributed by atoms with Crippen molar-refractivity contribution < 1.29 is 14.0 Å². The van der Waals surface area contributed by atoms with Crippen molar-refractivity contribution in [2.75, 3.05) is 13.2 Å². The summed E-state index contributed by atoms with van der Waals surface area (Å²) in [7, 11) is -2.79. The monoisotopic (exact) mass is 390 g/mol. The lowest BCUT2D eigenvalue weighted by Gasteiger charge is -2.06. The lowest BCUT2D eigenvalue weighted by Crippen LogP contribution is -2.16. The van der Waals surface area contributed by atoms with Gasteiger partial charge >= 0.3 is 8.25 Å². The summed E-state index contributed by atoms with van der Waals surface area (Å²) in [6.45, 7) is 1.74. The molecule has 148 valence electrons. The van der Waals surface area contributed by atoms with Crippen LogP contribution in [0.15, 0.2) is 48.7 Å². The number of aromatic nitrogens is 1. The molecule has 2 N–H and O–H groups in total. The summed E-state index contributed by atoms with van der Waals surface area (Å²) in [5, 5.41) is 3.26. The van der Waals surface area contributed by atoms with Crippen LogP contribution in [0.1, 0.15) is 48.9 Å². The fourth-order valence-corrected chi connectivity index (χ4v) is 3.26. The summed E-state index contributed by atoms with van der Waals surface area (Å²) in [6.07, 6.45) is 9.95. The molecule has 0 aliphatic heterocycles. The van der Waals surface area contributed by atoms with Crippen molar-refractivity contribution in [1.29, 1.82) is 0 Å². The lowest BCUT2D eigenvalue weighted by atomic mass is 10.0. The molecule has 1 unspecified atom stereocenters. The molecule has 0 radical (unpaired) electrons. The Labute approximate surface area is 163 Å². The second-order valence-corrected chi connectivity index (χ2v) is 7.52. The number of hydrogen-bond donors (Lipinski definition) is 2. The highest BCUT2D eigenvalue weighted by Crippen LogP contribution is 2.14. The van der Waals surface area contributed by atoms with Crippen LogP contribution < -0.4 is 5.32 Å². The summed E-state index contributed by atoms with van der Waals surface area (Å²) in [6, 6.07) is 14.9. The molecule has 1 aromatic carbocycles. The number of nitrogens with zero attached hydrogens (tertiary/aromatic N) is 1. The van der Waals surface area contributed by atoms with Gasteiger partial charge in [-0.3, -0.25) is 9.55 Å². The van der Waals surface area contributed by atoms with Crippen LogP contribution in [0.3, 0.4) is 0 Å². The Balaban J connectivity index is 1.50. The van der Waals surface area contributed by atoms with Crippen LogP contribution in [-0.2, 0) is 28.5 Å². The van der Waals surface area contributed by atoms with Gasteiger partial charge in [-0.1, -0.05) is 49.2 Å². The Morgan fingerprint density at radius 2 is 1.67 bits per heavy atom. The highest BCUT2D eigenvalue weighted by atomic mass is 31.1. The summed E-state index contributed by atoms with van der Waals surface area (Å²) < 4.78 is 15.0. The topological polar surface area (TPSA) is 71.5 Å². The zero-order chi connectivity index (χ0) is 19.2. The van der Waals surface area contributed by atoms with E-state index in [2.05, 4.69) is 57.3 Å². The first kappa shape index (κ1) is 21.8. The highest BCUT2D eigenvalue weighted by molar-refractivity contribution is 7.32. The minimum absolute atomic E-state index is 0.305. The van der Waals surface area contributed by atoms with Crippen LogP contribution in [0.4, 0.5) is 0 Å². The van der Waals surface area contributed by atoms with Gasteiger partial charge in [0, 0.05) is 12.7 Å². The molecule has 1 heterocycles. The molecule has 0 spiro atoms. The first-order valence-electron chi connectivity index (χ1n) is 9.78. The van der Waals surface area contributed by atoms with Crippen molar-refractivity contribution in [2.24, 2.45) is 0 Å². The number of unbranched alkanes of at least 4 members (excludes halogenated alkanes) is 3. The predicted octanol–water partition coefficient (Wildman–Crippen LogP) is 4.31. The highest BCUT2D eigenvalue weighted by Gasteiger charge is 1.99. The molecule has 2 rings (SSSR count). The Bertz CT molecular complexity index is 650. The average molecular weight is 390 g/mol. The second kappa shape index (κ2) is 13.6. The van der Waals surface area contributed by atoms with Crippen molar-refractivity contribution >= 4 is 8.25 Å². The number of aryl methyl sites for hydroxylation is 2. The molecule has 0 saturated carbocycles. The van der Waals surface area contributed by atoms with E-state index in [4.69, 9.17) is 4.89 Å². The van der Waals surface area contributed by atoms with Crippen molar-refractivity contribution in [2.45, 2.75) is 51.5 Å². The van der Waals surface area contributed by atoms with Crippen LogP contribution in [0, 0.1) is 0 Å². The summed E-state index contributed by atoms with van der Waals surface area (Å²) in [4.78, 5) is 13.1. The van der Waals surface area contributed by atoms with E-state index in [1.165, 1.54) is 43.2 Å². The molecule has 0 aliphatic carbocycles. The van der Waals surface area contributed by atoms with E-state index in [9.17, 15) is 4.57 Å². The van der Waals surface area contributed by atoms with Gasteiger partial charge in [-0.05, 0) is 55.8 Å².